The van der Waals surface area contributed by atoms with Crippen molar-refractivity contribution in [2.24, 2.45) is 5.73 Å². The first-order chi connectivity index (χ1) is 13.7. The molecule has 2 aromatic carbocycles. The Hall–Kier alpha value is -3.14. The highest BCUT2D eigenvalue weighted by Crippen LogP contribution is 2.29. The number of nitrogens with zero attached hydrogens (tertiary/aromatic N) is 1. The van der Waals surface area contributed by atoms with Crippen molar-refractivity contribution < 1.29 is 31.9 Å². The summed E-state index contributed by atoms with van der Waals surface area (Å²) in [6.07, 6.45) is -6.85. The smallest absolute Gasteiger partial charge is 0.442 e. The number of cyclic esters (lactones) is 1. The quantitative estimate of drug-likeness (QED) is 0.741. The number of nitrogens with two attached hydrogens (primary N) is 1. The van der Waals surface area contributed by atoms with Gasteiger partial charge in [0.25, 0.3) is 0 Å². The predicted octanol–water partition coefficient (Wildman–Crippen LogP) is 2.96. The van der Waals surface area contributed by atoms with E-state index in [2.05, 4.69) is 0 Å². The minimum absolute atomic E-state index is 0.124. The molecule has 10 heteroatoms. The molecule has 0 unspecified atom stereocenters. The maximum atomic E-state index is 14.6. The number of hydrogen-bond acceptors (Lipinski definition) is 4. The van der Waals surface area contributed by atoms with Gasteiger partial charge in [0, 0.05) is 12.1 Å². The molecule has 29 heavy (non-hydrogen) atoms. The topological polar surface area (TPSA) is 84.7 Å². The molecule has 0 aromatic heterocycles. The summed E-state index contributed by atoms with van der Waals surface area (Å²) in [5.41, 5.74) is 7.58. The Labute approximate surface area is 163 Å². The van der Waals surface area contributed by atoms with Crippen LogP contribution in [0.5, 0.6) is 0 Å². The molecule has 0 aliphatic carbocycles. The van der Waals surface area contributed by atoms with Gasteiger partial charge in [0.15, 0.2) is 0 Å². The van der Waals surface area contributed by atoms with Crippen molar-refractivity contribution in [3.8, 4) is 11.1 Å². The van der Waals surface area contributed by atoms with E-state index in [-0.39, 0.29) is 12.2 Å². The van der Waals surface area contributed by atoms with E-state index in [1.54, 1.807) is 29.6 Å². The summed E-state index contributed by atoms with van der Waals surface area (Å²) in [5, 5.41) is 1.66. The van der Waals surface area contributed by atoms with Crippen LogP contribution in [0, 0.1) is 5.82 Å². The van der Waals surface area contributed by atoms with Gasteiger partial charge in [-0.05, 0) is 29.3 Å². The highest BCUT2D eigenvalue weighted by molar-refractivity contribution is 5.90. The number of amides is 2. The van der Waals surface area contributed by atoms with Crippen LogP contribution in [0.3, 0.4) is 0 Å². The number of halogens is 4. The summed E-state index contributed by atoms with van der Waals surface area (Å²) in [6, 6.07) is 11.2. The first-order valence-corrected chi connectivity index (χ1v) is 8.61. The number of carbonyl (C=O) groups is 2. The molecule has 154 valence electrons. The Balaban J connectivity index is 1.69. The van der Waals surface area contributed by atoms with Gasteiger partial charge in [-0.3, -0.25) is 9.69 Å². The number of alkyl halides is 3. The summed E-state index contributed by atoms with van der Waals surface area (Å²) >= 11 is 0. The van der Waals surface area contributed by atoms with E-state index in [4.69, 9.17) is 10.5 Å². The van der Waals surface area contributed by atoms with Gasteiger partial charge in [0.1, 0.15) is 11.9 Å². The van der Waals surface area contributed by atoms with E-state index in [1.165, 1.54) is 12.1 Å². The lowest BCUT2D eigenvalue weighted by Gasteiger charge is -2.15. The molecule has 1 atom stereocenters. The van der Waals surface area contributed by atoms with Gasteiger partial charge in [-0.1, -0.05) is 24.3 Å². The second-order valence-electron chi connectivity index (χ2n) is 6.39. The molecule has 2 aromatic rings. The number of hydrogen-bond donors (Lipinski definition) is 2. The van der Waals surface area contributed by atoms with Crippen molar-refractivity contribution in [2.45, 2.75) is 18.8 Å². The van der Waals surface area contributed by atoms with Gasteiger partial charge in [-0.25, -0.2) is 9.18 Å². The van der Waals surface area contributed by atoms with Crippen LogP contribution in [0.2, 0.25) is 0 Å². The zero-order valence-corrected chi connectivity index (χ0v) is 15.0. The van der Waals surface area contributed by atoms with E-state index < -0.39 is 36.6 Å². The minimum Gasteiger partial charge on any atom is -0.442 e. The maximum Gasteiger partial charge on any atom is 0.471 e. The van der Waals surface area contributed by atoms with E-state index in [0.717, 1.165) is 16.5 Å². The average molecular weight is 411 g/mol. The molecule has 6 nitrogen and oxygen atoms in total. The molecule has 3 rings (SSSR count). The van der Waals surface area contributed by atoms with Crippen molar-refractivity contribution in [1.82, 2.24) is 5.32 Å². The van der Waals surface area contributed by atoms with Crippen LogP contribution >= 0.6 is 0 Å². The van der Waals surface area contributed by atoms with E-state index in [1.807, 2.05) is 0 Å². The monoisotopic (exact) mass is 411 g/mol. The SMILES string of the molecule is NCc1ccc(-c2ccc(N3C[C@H](CNC(=O)C(F)(F)F)OC3=O)cc2F)cc1. The van der Waals surface area contributed by atoms with Gasteiger partial charge in [0.2, 0.25) is 0 Å². The molecule has 0 radical (unpaired) electrons. The van der Waals surface area contributed by atoms with Crippen molar-refractivity contribution in [3.63, 3.8) is 0 Å². The average Bonchev–Trinajstić information content (AvgIpc) is 3.06. The molecule has 0 spiro atoms. The Kier molecular flexibility index (Phi) is 5.73. The van der Waals surface area contributed by atoms with Crippen LogP contribution in [0.4, 0.5) is 28.0 Å². The summed E-state index contributed by atoms with van der Waals surface area (Å²) in [7, 11) is 0. The predicted molar refractivity (Wildman–Crippen MR) is 96.4 cm³/mol. The van der Waals surface area contributed by atoms with Crippen LogP contribution in [0.25, 0.3) is 11.1 Å². The second-order valence-corrected chi connectivity index (χ2v) is 6.39. The Morgan fingerprint density at radius 2 is 1.90 bits per heavy atom. The fourth-order valence-electron chi connectivity index (χ4n) is 2.87. The molecule has 1 fully saturated rings. The third-order valence-corrected chi connectivity index (χ3v) is 4.39. The number of rotatable bonds is 5. The van der Waals surface area contributed by atoms with Gasteiger partial charge in [0.05, 0.1) is 18.8 Å². The fraction of sp³-hybridized carbons (Fsp3) is 0.263. The molecular formula is C19H17F4N3O3. The number of nitrogens with one attached hydrogen (secondary N) is 1. The van der Waals surface area contributed by atoms with Crippen molar-refractivity contribution in [2.75, 3.05) is 18.0 Å². The van der Waals surface area contributed by atoms with Gasteiger partial charge >= 0.3 is 18.2 Å². The van der Waals surface area contributed by atoms with E-state index in [9.17, 15) is 27.2 Å². The molecule has 0 saturated carbocycles. The molecule has 1 aliphatic heterocycles. The van der Waals surface area contributed by atoms with E-state index in [0.29, 0.717) is 17.7 Å². The highest BCUT2D eigenvalue weighted by atomic mass is 19.4. The Morgan fingerprint density at radius 3 is 2.48 bits per heavy atom. The van der Waals surface area contributed by atoms with Crippen molar-refractivity contribution in [3.05, 3.63) is 53.8 Å². The lowest BCUT2D eigenvalue weighted by molar-refractivity contribution is -0.173. The summed E-state index contributed by atoms with van der Waals surface area (Å²) in [4.78, 5) is 24.0. The minimum atomic E-state index is -5.02. The number of benzene rings is 2. The highest BCUT2D eigenvalue weighted by Gasteiger charge is 2.40. The lowest BCUT2D eigenvalue weighted by Crippen LogP contribution is -2.41. The zero-order valence-electron chi connectivity index (χ0n) is 15.0. The summed E-state index contributed by atoms with van der Waals surface area (Å²) in [5.74, 6) is -2.70. The largest absolute Gasteiger partial charge is 0.471 e. The van der Waals surface area contributed by atoms with Crippen molar-refractivity contribution >= 4 is 17.7 Å². The second kappa shape index (κ2) is 8.08. The molecule has 1 saturated heterocycles. The molecule has 1 aliphatic rings. The van der Waals surface area contributed by atoms with Gasteiger partial charge < -0.3 is 15.8 Å². The molecule has 1 heterocycles. The normalized spacial score (nSPS) is 16.7. The standard InChI is InChI=1S/C19H17F4N3O3/c20-16-7-13(5-6-15(16)12-3-1-11(8-24)2-4-12)26-10-14(29-18(26)28)9-25-17(27)19(21,22)23/h1-7,14H,8-10,24H2,(H,25,27)/t14-/m0/s1. The summed E-state index contributed by atoms with van der Waals surface area (Å²) in [6.45, 7) is -0.265. The van der Waals surface area contributed by atoms with Crippen LogP contribution < -0.4 is 16.0 Å². The zero-order chi connectivity index (χ0) is 21.2. The first kappa shape index (κ1) is 20.6. The third kappa shape index (κ3) is 4.65. The first-order valence-electron chi connectivity index (χ1n) is 8.61. The Morgan fingerprint density at radius 1 is 1.21 bits per heavy atom. The number of ether oxygens (including phenoxy) is 1. The number of carbonyl (C=O) groups excluding carboxylic acids is 2. The lowest BCUT2D eigenvalue weighted by atomic mass is 10.0. The van der Waals surface area contributed by atoms with Gasteiger partial charge in [-0.15, -0.1) is 0 Å². The van der Waals surface area contributed by atoms with E-state index >= 15 is 0 Å². The molecule has 3 N–H and O–H groups in total. The van der Waals surface area contributed by atoms with Crippen molar-refractivity contribution in [1.29, 1.82) is 0 Å². The molecular weight excluding hydrogens is 394 g/mol. The fourth-order valence-corrected chi connectivity index (χ4v) is 2.87. The van der Waals surface area contributed by atoms with Gasteiger partial charge in [-0.2, -0.15) is 13.2 Å². The van der Waals surface area contributed by atoms with Crippen LogP contribution in [-0.2, 0) is 16.1 Å². The molecule has 0 bridgehead atoms. The summed E-state index contributed by atoms with van der Waals surface area (Å²) < 4.78 is 56.2. The Bertz CT molecular complexity index is 916. The van der Waals surface area contributed by atoms with Crippen LogP contribution in [0.1, 0.15) is 5.56 Å². The molecule has 2 amide bonds. The van der Waals surface area contributed by atoms with Crippen LogP contribution in [-0.4, -0.2) is 37.4 Å². The maximum absolute atomic E-state index is 14.6. The number of anilines is 1. The third-order valence-electron chi connectivity index (χ3n) is 4.39. The van der Waals surface area contributed by atoms with Crippen LogP contribution in [0.15, 0.2) is 42.5 Å².